The predicted octanol–water partition coefficient (Wildman–Crippen LogP) is 3.17. The van der Waals surface area contributed by atoms with Crippen LogP contribution in [-0.2, 0) is 11.2 Å². The number of nitrogens with zero attached hydrogens (tertiary/aromatic N) is 1. The second kappa shape index (κ2) is 6.39. The number of aromatic amines is 1. The minimum absolute atomic E-state index is 0.0934. The van der Waals surface area contributed by atoms with Gasteiger partial charge in [-0.2, -0.15) is 5.10 Å². The lowest BCUT2D eigenvalue weighted by Gasteiger charge is -2.11. The first-order chi connectivity index (χ1) is 10.3. The molecule has 1 atom stereocenters. The van der Waals surface area contributed by atoms with Crippen LogP contribution < -0.4 is 5.43 Å². The van der Waals surface area contributed by atoms with E-state index in [0.717, 1.165) is 35.9 Å². The summed E-state index contributed by atoms with van der Waals surface area (Å²) in [4.78, 5) is 15.1. The number of allylic oxidation sites excluding steroid dienone is 2. The fourth-order valence-corrected chi connectivity index (χ4v) is 2.61. The molecule has 2 N–H and O–H groups in total. The van der Waals surface area contributed by atoms with E-state index in [-0.39, 0.29) is 5.91 Å². The molecule has 0 unspecified atom stereocenters. The van der Waals surface area contributed by atoms with Crippen molar-refractivity contribution in [2.24, 2.45) is 11.0 Å². The van der Waals surface area contributed by atoms with Gasteiger partial charge in [0, 0.05) is 17.4 Å². The molecule has 1 aromatic carbocycles. The van der Waals surface area contributed by atoms with E-state index in [1.54, 1.807) is 0 Å². The van der Waals surface area contributed by atoms with Gasteiger partial charge < -0.3 is 4.98 Å². The van der Waals surface area contributed by atoms with Crippen molar-refractivity contribution < 1.29 is 4.79 Å². The van der Waals surface area contributed by atoms with E-state index in [1.807, 2.05) is 36.5 Å². The van der Waals surface area contributed by atoms with Gasteiger partial charge in [-0.3, -0.25) is 4.79 Å². The Morgan fingerprint density at radius 3 is 3.10 bits per heavy atom. The number of H-pyrrole nitrogens is 1. The molecule has 108 valence electrons. The summed E-state index contributed by atoms with van der Waals surface area (Å²) in [5.74, 6) is 0.354. The fourth-order valence-electron chi connectivity index (χ4n) is 2.61. The van der Waals surface area contributed by atoms with Gasteiger partial charge in [0.15, 0.2) is 0 Å². The number of aromatic nitrogens is 1. The van der Waals surface area contributed by atoms with Crippen LogP contribution in [0.25, 0.3) is 10.9 Å². The maximum absolute atomic E-state index is 11.9. The molecule has 21 heavy (non-hydrogen) atoms. The Kier molecular flexibility index (Phi) is 4.15. The van der Waals surface area contributed by atoms with Gasteiger partial charge in [-0.05, 0) is 42.7 Å². The number of rotatable bonds is 4. The van der Waals surface area contributed by atoms with Crippen LogP contribution in [0.1, 0.15) is 25.0 Å². The quantitative estimate of drug-likeness (QED) is 0.505. The number of hydrogen-bond donors (Lipinski definition) is 2. The molecule has 0 spiro atoms. The first-order valence-corrected chi connectivity index (χ1v) is 7.35. The summed E-state index contributed by atoms with van der Waals surface area (Å²) >= 11 is 0. The Hall–Kier alpha value is -2.36. The van der Waals surface area contributed by atoms with Gasteiger partial charge >= 0.3 is 0 Å². The Morgan fingerprint density at radius 1 is 1.38 bits per heavy atom. The van der Waals surface area contributed by atoms with Crippen molar-refractivity contribution in [1.29, 1.82) is 0 Å². The van der Waals surface area contributed by atoms with Crippen LogP contribution in [-0.4, -0.2) is 17.1 Å². The smallest absolute Gasteiger partial charge is 0.245 e. The van der Waals surface area contributed by atoms with Crippen molar-refractivity contribution in [3.8, 4) is 0 Å². The molecule has 0 fully saturated rings. The molecule has 3 rings (SSSR count). The zero-order valence-electron chi connectivity index (χ0n) is 11.9. The van der Waals surface area contributed by atoms with Crippen molar-refractivity contribution in [2.45, 2.75) is 25.7 Å². The van der Waals surface area contributed by atoms with Crippen LogP contribution in [0.2, 0.25) is 0 Å². The van der Waals surface area contributed by atoms with Crippen LogP contribution in [0.4, 0.5) is 0 Å². The van der Waals surface area contributed by atoms with E-state index in [4.69, 9.17) is 0 Å². The number of fused-ring (bicyclic) bond motifs is 1. The summed E-state index contributed by atoms with van der Waals surface area (Å²) in [5, 5.41) is 5.20. The second-order valence-corrected chi connectivity index (χ2v) is 5.42. The first-order valence-electron chi connectivity index (χ1n) is 7.35. The third kappa shape index (κ3) is 3.60. The largest absolute Gasteiger partial charge is 0.358 e. The van der Waals surface area contributed by atoms with Crippen molar-refractivity contribution in [3.05, 3.63) is 48.2 Å². The zero-order chi connectivity index (χ0) is 14.5. The van der Waals surface area contributed by atoms with E-state index in [0.29, 0.717) is 12.3 Å². The van der Waals surface area contributed by atoms with Gasteiger partial charge in [0.25, 0.3) is 0 Å². The van der Waals surface area contributed by atoms with E-state index < -0.39 is 0 Å². The molecule has 1 heterocycles. The van der Waals surface area contributed by atoms with E-state index >= 15 is 0 Å². The number of nitrogens with one attached hydrogen (secondary N) is 2. The van der Waals surface area contributed by atoms with Crippen LogP contribution in [0.15, 0.2) is 47.6 Å². The SMILES string of the molecule is O=C(Cc1cc2ccccc2[nH]1)N/N=C\[C@H]1CC=CCC1. The topological polar surface area (TPSA) is 57.2 Å². The molecule has 4 nitrogen and oxygen atoms in total. The molecule has 0 saturated carbocycles. The van der Waals surface area contributed by atoms with Crippen LogP contribution in [0, 0.1) is 5.92 Å². The molecule has 0 radical (unpaired) electrons. The average molecular weight is 281 g/mol. The second-order valence-electron chi connectivity index (χ2n) is 5.42. The van der Waals surface area contributed by atoms with Crippen molar-refractivity contribution in [1.82, 2.24) is 10.4 Å². The molecule has 1 amide bonds. The van der Waals surface area contributed by atoms with E-state index in [2.05, 4.69) is 27.7 Å². The standard InChI is InChI=1S/C17H19N3O/c21-17(20-18-12-13-6-2-1-3-7-13)11-15-10-14-8-4-5-9-16(14)19-15/h1-2,4-5,8-10,12-13,19H,3,6-7,11H2,(H,20,21)/b18-12-/t13-/m0/s1. The molecular formula is C17H19N3O. The molecule has 0 bridgehead atoms. The van der Waals surface area contributed by atoms with E-state index in [9.17, 15) is 4.79 Å². The van der Waals surface area contributed by atoms with Crippen molar-refractivity contribution >= 4 is 23.0 Å². The minimum atomic E-state index is -0.0934. The molecule has 0 saturated heterocycles. The molecule has 2 aromatic rings. The van der Waals surface area contributed by atoms with Gasteiger partial charge in [-0.1, -0.05) is 30.4 Å². The Bertz CT molecular complexity index is 651. The number of benzene rings is 1. The molecule has 0 aliphatic heterocycles. The van der Waals surface area contributed by atoms with Gasteiger partial charge in [0.2, 0.25) is 5.91 Å². The lowest BCUT2D eigenvalue weighted by atomic mass is 9.96. The highest BCUT2D eigenvalue weighted by molar-refractivity contribution is 5.84. The Labute approximate surface area is 123 Å². The molecule has 4 heteroatoms. The highest BCUT2D eigenvalue weighted by Crippen LogP contribution is 2.16. The van der Waals surface area contributed by atoms with E-state index in [1.165, 1.54) is 0 Å². The molecule has 1 aliphatic rings. The predicted molar refractivity (Wildman–Crippen MR) is 85.1 cm³/mol. The maximum Gasteiger partial charge on any atom is 0.245 e. The summed E-state index contributed by atoms with van der Waals surface area (Å²) in [7, 11) is 0. The summed E-state index contributed by atoms with van der Waals surface area (Å²) in [6.07, 6.45) is 9.76. The summed E-state index contributed by atoms with van der Waals surface area (Å²) in [6.45, 7) is 0. The summed E-state index contributed by atoms with van der Waals surface area (Å²) in [6, 6.07) is 10.0. The van der Waals surface area contributed by atoms with Crippen LogP contribution in [0.3, 0.4) is 0 Å². The summed E-state index contributed by atoms with van der Waals surface area (Å²) in [5.41, 5.74) is 4.57. The minimum Gasteiger partial charge on any atom is -0.358 e. The van der Waals surface area contributed by atoms with Gasteiger partial charge in [0.1, 0.15) is 0 Å². The highest BCUT2D eigenvalue weighted by atomic mass is 16.2. The third-order valence-electron chi connectivity index (χ3n) is 3.72. The maximum atomic E-state index is 11.9. The van der Waals surface area contributed by atoms with Gasteiger partial charge in [-0.15, -0.1) is 0 Å². The monoisotopic (exact) mass is 281 g/mol. The number of amides is 1. The van der Waals surface area contributed by atoms with Gasteiger partial charge in [0.05, 0.1) is 6.42 Å². The van der Waals surface area contributed by atoms with Crippen molar-refractivity contribution in [3.63, 3.8) is 0 Å². The Balaban J connectivity index is 1.53. The van der Waals surface area contributed by atoms with Crippen LogP contribution in [0.5, 0.6) is 0 Å². The molecule has 1 aliphatic carbocycles. The summed E-state index contributed by atoms with van der Waals surface area (Å²) < 4.78 is 0. The fraction of sp³-hybridized carbons (Fsp3) is 0.294. The lowest BCUT2D eigenvalue weighted by molar-refractivity contribution is -0.120. The molecule has 1 aromatic heterocycles. The number of carbonyl (C=O) groups is 1. The first kappa shape index (κ1) is 13.6. The number of hydrazone groups is 1. The average Bonchev–Trinajstić information content (AvgIpc) is 2.90. The lowest BCUT2D eigenvalue weighted by Crippen LogP contribution is -2.20. The molecular weight excluding hydrogens is 262 g/mol. The zero-order valence-corrected chi connectivity index (χ0v) is 11.9. The van der Waals surface area contributed by atoms with Crippen LogP contribution >= 0.6 is 0 Å². The number of carbonyl (C=O) groups excluding carboxylic acids is 1. The van der Waals surface area contributed by atoms with Gasteiger partial charge in [-0.25, -0.2) is 5.43 Å². The number of para-hydroxylation sites is 1. The number of hydrogen-bond acceptors (Lipinski definition) is 2. The van der Waals surface area contributed by atoms with Crippen molar-refractivity contribution in [2.75, 3.05) is 0 Å². The normalized spacial score (nSPS) is 18.4. The third-order valence-corrected chi connectivity index (χ3v) is 3.72. The highest BCUT2D eigenvalue weighted by Gasteiger charge is 2.08. The Morgan fingerprint density at radius 2 is 2.29 bits per heavy atom.